The van der Waals surface area contributed by atoms with Gasteiger partial charge in [-0.15, -0.1) is 0 Å². The van der Waals surface area contributed by atoms with E-state index >= 15 is 0 Å². The molecular weight excluding hydrogens is 208 g/mol. The third kappa shape index (κ3) is 3.23. The fourth-order valence-corrected chi connectivity index (χ4v) is 3.78. The summed E-state index contributed by atoms with van der Waals surface area (Å²) in [6.45, 7) is 14.8. The van der Waals surface area contributed by atoms with Crippen LogP contribution in [0.25, 0.3) is 0 Å². The molecule has 17 heavy (non-hydrogen) atoms. The van der Waals surface area contributed by atoms with E-state index in [4.69, 9.17) is 0 Å². The van der Waals surface area contributed by atoms with Crippen molar-refractivity contribution in [3.63, 3.8) is 0 Å². The maximum Gasteiger partial charge on any atom is 0.00702 e. The van der Waals surface area contributed by atoms with Gasteiger partial charge in [0.25, 0.3) is 0 Å². The van der Waals surface area contributed by atoms with E-state index in [0.717, 1.165) is 17.9 Å². The molecule has 2 nitrogen and oxygen atoms in total. The monoisotopic (exact) mass is 238 g/mol. The van der Waals surface area contributed by atoms with Crippen molar-refractivity contribution in [2.24, 2.45) is 17.3 Å². The van der Waals surface area contributed by atoms with Gasteiger partial charge in [-0.3, -0.25) is 4.90 Å². The SMILES string of the molecule is CC1CC(C)N(CC(C)(C)C2CCCNC2)C1. The molecule has 0 amide bonds. The first-order chi connectivity index (χ1) is 7.99. The van der Waals surface area contributed by atoms with Gasteiger partial charge >= 0.3 is 0 Å². The Bertz CT molecular complexity index is 243. The summed E-state index contributed by atoms with van der Waals surface area (Å²) in [5.74, 6) is 1.75. The van der Waals surface area contributed by atoms with Crippen molar-refractivity contribution >= 4 is 0 Å². The summed E-state index contributed by atoms with van der Waals surface area (Å²) in [6, 6.07) is 0.792. The van der Waals surface area contributed by atoms with Gasteiger partial charge in [-0.05, 0) is 56.5 Å². The molecule has 1 N–H and O–H groups in total. The molecule has 2 fully saturated rings. The molecule has 2 rings (SSSR count). The van der Waals surface area contributed by atoms with E-state index in [9.17, 15) is 0 Å². The normalized spacial score (nSPS) is 36.4. The van der Waals surface area contributed by atoms with E-state index < -0.39 is 0 Å². The van der Waals surface area contributed by atoms with Crippen LogP contribution >= 0.6 is 0 Å². The molecule has 2 saturated heterocycles. The lowest BCUT2D eigenvalue weighted by atomic mass is 9.74. The van der Waals surface area contributed by atoms with Crippen LogP contribution in [0.3, 0.4) is 0 Å². The minimum atomic E-state index is 0.464. The standard InChI is InChI=1S/C15H30N2/c1-12-8-13(2)17(10-12)11-15(3,4)14-6-5-7-16-9-14/h12-14,16H,5-11H2,1-4H3. The highest BCUT2D eigenvalue weighted by atomic mass is 15.2. The molecule has 2 heterocycles. The molecule has 0 aromatic rings. The second-order valence-corrected chi connectivity index (χ2v) is 7.15. The fraction of sp³-hybridized carbons (Fsp3) is 1.00. The first-order valence-corrected chi connectivity index (χ1v) is 7.44. The molecule has 0 bridgehead atoms. The highest BCUT2D eigenvalue weighted by molar-refractivity contribution is 4.89. The van der Waals surface area contributed by atoms with Crippen LogP contribution in [-0.2, 0) is 0 Å². The molecule has 2 aliphatic rings. The molecule has 0 radical (unpaired) electrons. The second-order valence-electron chi connectivity index (χ2n) is 7.15. The average Bonchev–Trinajstić information content (AvgIpc) is 2.58. The Kier molecular flexibility index (Phi) is 4.14. The zero-order valence-corrected chi connectivity index (χ0v) is 12.1. The first-order valence-electron chi connectivity index (χ1n) is 7.44. The Morgan fingerprint density at radius 2 is 2.06 bits per heavy atom. The fourth-order valence-electron chi connectivity index (χ4n) is 3.78. The third-order valence-electron chi connectivity index (χ3n) is 4.93. The lowest BCUT2D eigenvalue weighted by molar-refractivity contribution is 0.0958. The lowest BCUT2D eigenvalue weighted by Crippen LogP contribution is -2.45. The Hall–Kier alpha value is -0.0800. The molecule has 0 spiro atoms. The molecule has 0 saturated carbocycles. The van der Waals surface area contributed by atoms with Crippen molar-refractivity contribution in [1.29, 1.82) is 0 Å². The van der Waals surface area contributed by atoms with Crippen LogP contribution in [0.15, 0.2) is 0 Å². The number of nitrogens with one attached hydrogen (secondary N) is 1. The van der Waals surface area contributed by atoms with Gasteiger partial charge in [-0.2, -0.15) is 0 Å². The summed E-state index contributed by atoms with van der Waals surface area (Å²) < 4.78 is 0. The molecule has 3 unspecified atom stereocenters. The van der Waals surface area contributed by atoms with Crippen molar-refractivity contribution < 1.29 is 0 Å². The highest BCUT2D eigenvalue weighted by Crippen LogP contribution is 2.35. The van der Waals surface area contributed by atoms with E-state index in [1.54, 1.807) is 0 Å². The van der Waals surface area contributed by atoms with Crippen LogP contribution in [0.5, 0.6) is 0 Å². The Morgan fingerprint density at radius 3 is 2.59 bits per heavy atom. The topological polar surface area (TPSA) is 15.3 Å². The quantitative estimate of drug-likeness (QED) is 0.813. The van der Waals surface area contributed by atoms with Gasteiger partial charge in [0, 0.05) is 19.1 Å². The number of hydrogen-bond donors (Lipinski definition) is 1. The van der Waals surface area contributed by atoms with Crippen molar-refractivity contribution in [3.8, 4) is 0 Å². The third-order valence-corrected chi connectivity index (χ3v) is 4.93. The lowest BCUT2D eigenvalue weighted by Gasteiger charge is -2.41. The van der Waals surface area contributed by atoms with Gasteiger partial charge in [-0.1, -0.05) is 20.8 Å². The van der Waals surface area contributed by atoms with Crippen molar-refractivity contribution in [1.82, 2.24) is 10.2 Å². The molecule has 0 aliphatic carbocycles. The van der Waals surface area contributed by atoms with Crippen molar-refractivity contribution in [2.75, 3.05) is 26.2 Å². The van der Waals surface area contributed by atoms with E-state index in [2.05, 4.69) is 37.9 Å². The summed E-state index contributed by atoms with van der Waals surface area (Å²) in [7, 11) is 0. The van der Waals surface area contributed by atoms with Crippen LogP contribution in [-0.4, -0.2) is 37.1 Å². The van der Waals surface area contributed by atoms with E-state index in [0.29, 0.717) is 5.41 Å². The van der Waals surface area contributed by atoms with Crippen molar-refractivity contribution in [2.45, 2.75) is 53.0 Å². The minimum Gasteiger partial charge on any atom is -0.316 e. The number of hydrogen-bond acceptors (Lipinski definition) is 2. The summed E-state index contributed by atoms with van der Waals surface area (Å²) in [6.07, 6.45) is 4.16. The summed E-state index contributed by atoms with van der Waals surface area (Å²) in [4.78, 5) is 2.72. The van der Waals surface area contributed by atoms with Gasteiger partial charge in [0.15, 0.2) is 0 Å². The summed E-state index contributed by atoms with van der Waals surface area (Å²) in [5.41, 5.74) is 0.464. The zero-order chi connectivity index (χ0) is 12.5. The summed E-state index contributed by atoms with van der Waals surface area (Å²) >= 11 is 0. The molecular formula is C15H30N2. The highest BCUT2D eigenvalue weighted by Gasteiger charge is 2.36. The number of piperidine rings is 1. The first kappa shape index (κ1) is 13.4. The number of rotatable bonds is 3. The van der Waals surface area contributed by atoms with Gasteiger partial charge in [-0.25, -0.2) is 0 Å². The minimum absolute atomic E-state index is 0.464. The molecule has 0 aromatic heterocycles. The van der Waals surface area contributed by atoms with Crippen LogP contribution in [0.2, 0.25) is 0 Å². The largest absolute Gasteiger partial charge is 0.316 e. The smallest absolute Gasteiger partial charge is 0.00702 e. The predicted molar refractivity (Wildman–Crippen MR) is 74.2 cm³/mol. The average molecular weight is 238 g/mol. The second kappa shape index (κ2) is 5.27. The maximum atomic E-state index is 3.57. The van der Waals surface area contributed by atoms with Gasteiger partial charge < -0.3 is 5.32 Å². The predicted octanol–water partition coefficient (Wildman–Crippen LogP) is 2.74. The Morgan fingerprint density at radius 1 is 1.29 bits per heavy atom. The van der Waals surface area contributed by atoms with Crippen LogP contribution < -0.4 is 5.32 Å². The van der Waals surface area contributed by atoms with Gasteiger partial charge in [0.05, 0.1) is 0 Å². The van der Waals surface area contributed by atoms with Gasteiger partial charge in [0.2, 0.25) is 0 Å². The Labute approximate surface area is 107 Å². The van der Waals surface area contributed by atoms with E-state index in [1.807, 2.05) is 0 Å². The molecule has 0 aromatic carbocycles. The Balaban J connectivity index is 1.91. The van der Waals surface area contributed by atoms with Crippen LogP contribution in [0, 0.1) is 17.3 Å². The summed E-state index contributed by atoms with van der Waals surface area (Å²) in [5, 5.41) is 3.57. The molecule has 2 aliphatic heterocycles. The van der Waals surface area contributed by atoms with Crippen molar-refractivity contribution in [3.05, 3.63) is 0 Å². The molecule has 3 atom stereocenters. The number of likely N-dealkylation sites (tertiary alicyclic amines) is 1. The van der Waals surface area contributed by atoms with Crippen LogP contribution in [0.4, 0.5) is 0 Å². The van der Waals surface area contributed by atoms with Crippen LogP contribution in [0.1, 0.15) is 47.0 Å². The molecule has 100 valence electrons. The van der Waals surface area contributed by atoms with E-state index in [1.165, 1.54) is 45.4 Å². The van der Waals surface area contributed by atoms with Gasteiger partial charge in [0.1, 0.15) is 0 Å². The maximum absolute atomic E-state index is 3.57. The number of nitrogens with zero attached hydrogens (tertiary/aromatic N) is 1. The molecule has 2 heteroatoms. The van der Waals surface area contributed by atoms with E-state index in [-0.39, 0.29) is 0 Å². The zero-order valence-electron chi connectivity index (χ0n) is 12.1.